The molecule has 0 radical (unpaired) electrons. The standard InChI is InChI=1S/C15H15NO4S/c1-10(17)11-3-8-15(14(9-11)16(18)19)21-13-6-4-12(20-2)5-7-13/h3-10,17H,1-2H3. The van der Waals surface area contributed by atoms with Gasteiger partial charge in [0.2, 0.25) is 0 Å². The van der Waals surface area contributed by atoms with E-state index >= 15 is 0 Å². The van der Waals surface area contributed by atoms with Gasteiger partial charge in [-0.15, -0.1) is 0 Å². The molecule has 0 amide bonds. The summed E-state index contributed by atoms with van der Waals surface area (Å²) in [5, 5.41) is 20.7. The maximum Gasteiger partial charge on any atom is 0.283 e. The average Bonchev–Trinajstić information content (AvgIpc) is 2.48. The molecule has 0 aliphatic carbocycles. The van der Waals surface area contributed by atoms with Crippen molar-refractivity contribution in [2.75, 3.05) is 7.11 Å². The van der Waals surface area contributed by atoms with Crippen LogP contribution in [0, 0.1) is 10.1 Å². The number of nitro groups is 1. The first-order chi connectivity index (χ1) is 10.0. The fraction of sp³-hybridized carbons (Fsp3) is 0.200. The van der Waals surface area contributed by atoms with E-state index in [0.29, 0.717) is 10.5 Å². The quantitative estimate of drug-likeness (QED) is 0.671. The molecule has 0 heterocycles. The van der Waals surface area contributed by atoms with Gasteiger partial charge in [-0.2, -0.15) is 0 Å². The predicted molar refractivity (Wildman–Crippen MR) is 80.8 cm³/mol. The number of aliphatic hydroxyl groups is 1. The summed E-state index contributed by atoms with van der Waals surface area (Å²) in [6.45, 7) is 1.58. The van der Waals surface area contributed by atoms with E-state index in [1.54, 1.807) is 38.3 Å². The number of rotatable bonds is 5. The number of hydrogen-bond acceptors (Lipinski definition) is 5. The molecule has 2 rings (SSSR count). The van der Waals surface area contributed by atoms with Crippen molar-refractivity contribution in [3.8, 4) is 5.75 Å². The van der Waals surface area contributed by atoms with Crippen LogP contribution in [0.5, 0.6) is 5.75 Å². The van der Waals surface area contributed by atoms with E-state index in [2.05, 4.69) is 0 Å². The Balaban J connectivity index is 2.31. The largest absolute Gasteiger partial charge is 0.497 e. The summed E-state index contributed by atoms with van der Waals surface area (Å²) in [4.78, 5) is 12.2. The fourth-order valence-electron chi connectivity index (χ4n) is 1.79. The monoisotopic (exact) mass is 305 g/mol. The van der Waals surface area contributed by atoms with E-state index in [-0.39, 0.29) is 5.69 Å². The number of nitro benzene ring substituents is 1. The first-order valence-corrected chi connectivity index (χ1v) is 7.11. The molecule has 2 aromatic carbocycles. The number of nitrogens with zero attached hydrogens (tertiary/aromatic N) is 1. The second kappa shape index (κ2) is 6.60. The van der Waals surface area contributed by atoms with Crippen molar-refractivity contribution >= 4 is 17.4 Å². The Morgan fingerprint density at radius 3 is 2.43 bits per heavy atom. The third-order valence-corrected chi connectivity index (χ3v) is 4.02. The predicted octanol–water partition coefficient (Wildman–Crippen LogP) is 3.81. The Labute approximate surface area is 126 Å². The minimum absolute atomic E-state index is 0.00535. The van der Waals surface area contributed by atoms with Crippen LogP contribution in [-0.2, 0) is 0 Å². The Morgan fingerprint density at radius 2 is 1.90 bits per heavy atom. The molecule has 1 N–H and O–H groups in total. The van der Waals surface area contributed by atoms with E-state index in [1.807, 2.05) is 12.1 Å². The topological polar surface area (TPSA) is 72.6 Å². The van der Waals surface area contributed by atoms with Gasteiger partial charge in [0.1, 0.15) is 5.75 Å². The van der Waals surface area contributed by atoms with E-state index in [0.717, 1.165) is 10.6 Å². The van der Waals surface area contributed by atoms with Gasteiger partial charge < -0.3 is 9.84 Å². The SMILES string of the molecule is COc1ccc(Sc2ccc(C(C)O)cc2[N+](=O)[O-])cc1. The van der Waals surface area contributed by atoms with Crippen molar-refractivity contribution in [2.45, 2.75) is 22.8 Å². The zero-order valence-electron chi connectivity index (χ0n) is 11.6. The number of benzene rings is 2. The number of ether oxygens (including phenoxy) is 1. The molecule has 0 bridgehead atoms. The van der Waals surface area contributed by atoms with Gasteiger partial charge in [0.15, 0.2) is 0 Å². The molecule has 2 aromatic rings. The summed E-state index contributed by atoms with van der Waals surface area (Å²) < 4.78 is 5.08. The van der Waals surface area contributed by atoms with Gasteiger partial charge in [-0.1, -0.05) is 17.8 Å². The van der Waals surface area contributed by atoms with Crippen LogP contribution >= 0.6 is 11.8 Å². The lowest BCUT2D eigenvalue weighted by atomic mass is 10.1. The van der Waals surface area contributed by atoms with Crippen LogP contribution in [0.25, 0.3) is 0 Å². The van der Waals surface area contributed by atoms with Gasteiger partial charge in [0.05, 0.1) is 23.0 Å². The Hall–Kier alpha value is -2.05. The smallest absolute Gasteiger partial charge is 0.283 e. The Morgan fingerprint density at radius 1 is 1.24 bits per heavy atom. The van der Waals surface area contributed by atoms with Gasteiger partial charge in [-0.3, -0.25) is 10.1 Å². The van der Waals surface area contributed by atoms with Crippen LogP contribution in [0.15, 0.2) is 52.3 Å². The molecule has 0 saturated heterocycles. The van der Waals surface area contributed by atoms with Crippen LogP contribution in [-0.4, -0.2) is 17.1 Å². The van der Waals surface area contributed by atoms with Crippen molar-refractivity contribution in [3.63, 3.8) is 0 Å². The third-order valence-electron chi connectivity index (χ3n) is 2.95. The Bertz CT molecular complexity index is 641. The highest BCUT2D eigenvalue weighted by Crippen LogP contribution is 2.36. The van der Waals surface area contributed by atoms with Crippen molar-refractivity contribution in [1.29, 1.82) is 0 Å². The summed E-state index contributed by atoms with van der Waals surface area (Å²) in [7, 11) is 1.59. The number of methoxy groups -OCH3 is 1. The van der Waals surface area contributed by atoms with Gasteiger partial charge >= 0.3 is 0 Å². The summed E-state index contributed by atoms with van der Waals surface area (Å²) in [5.41, 5.74) is 0.523. The van der Waals surface area contributed by atoms with Crippen molar-refractivity contribution in [2.24, 2.45) is 0 Å². The second-order valence-electron chi connectivity index (χ2n) is 4.44. The molecular formula is C15H15NO4S. The Kier molecular flexibility index (Phi) is 4.82. The maximum atomic E-state index is 11.2. The number of hydrogen-bond donors (Lipinski definition) is 1. The highest BCUT2D eigenvalue weighted by Gasteiger charge is 2.17. The van der Waals surface area contributed by atoms with E-state index < -0.39 is 11.0 Å². The summed E-state index contributed by atoms with van der Waals surface area (Å²) in [6, 6.07) is 12.1. The van der Waals surface area contributed by atoms with Crippen molar-refractivity contribution in [1.82, 2.24) is 0 Å². The lowest BCUT2D eigenvalue weighted by Gasteiger charge is -2.08. The zero-order valence-corrected chi connectivity index (χ0v) is 12.5. The van der Waals surface area contributed by atoms with Crippen LogP contribution in [0.1, 0.15) is 18.6 Å². The molecule has 21 heavy (non-hydrogen) atoms. The molecular weight excluding hydrogens is 290 g/mol. The molecule has 0 fully saturated rings. The molecule has 110 valence electrons. The lowest BCUT2D eigenvalue weighted by Crippen LogP contribution is -1.96. The third kappa shape index (κ3) is 3.74. The molecule has 0 aromatic heterocycles. The fourth-order valence-corrected chi connectivity index (χ4v) is 2.69. The molecule has 0 spiro atoms. The van der Waals surface area contributed by atoms with Crippen molar-refractivity contribution in [3.05, 3.63) is 58.1 Å². The number of aliphatic hydroxyl groups excluding tert-OH is 1. The highest BCUT2D eigenvalue weighted by atomic mass is 32.2. The van der Waals surface area contributed by atoms with Gasteiger partial charge in [-0.05, 0) is 42.8 Å². The van der Waals surface area contributed by atoms with Gasteiger partial charge in [0.25, 0.3) is 5.69 Å². The lowest BCUT2D eigenvalue weighted by molar-refractivity contribution is -0.387. The van der Waals surface area contributed by atoms with Crippen LogP contribution < -0.4 is 4.74 Å². The van der Waals surface area contributed by atoms with E-state index in [9.17, 15) is 15.2 Å². The minimum Gasteiger partial charge on any atom is -0.497 e. The van der Waals surface area contributed by atoms with Gasteiger partial charge in [-0.25, -0.2) is 0 Å². The molecule has 0 saturated carbocycles. The van der Waals surface area contributed by atoms with Crippen molar-refractivity contribution < 1.29 is 14.8 Å². The zero-order chi connectivity index (χ0) is 15.4. The van der Waals surface area contributed by atoms with Crippen LogP contribution in [0.2, 0.25) is 0 Å². The second-order valence-corrected chi connectivity index (χ2v) is 5.55. The molecule has 1 unspecified atom stereocenters. The minimum atomic E-state index is -0.733. The first kappa shape index (κ1) is 15.3. The van der Waals surface area contributed by atoms with Gasteiger partial charge in [0, 0.05) is 11.0 Å². The van der Waals surface area contributed by atoms with Crippen LogP contribution in [0.3, 0.4) is 0 Å². The highest BCUT2D eigenvalue weighted by molar-refractivity contribution is 7.99. The van der Waals surface area contributed by atoms with Crippen LogP contribution in [0.4, 0.5) is 5.69 Å². The first-order valence-electron chi connectivity index (χ1n) is 6.29. The normalized spacial score (nSPS) is 12.0. The molecule has 1 atom stereocenters. The molecule has 0 aliphatic heterocycles. The van der Waals surface area contributed by atoms with E-state index in [1.165, 1.54) is 17.8 Å². The summed E-state index contributed by atoms with van der Waals surface area (Å²) in [6.07, 6.45) is -0.733. The van der Waals surface area contributed by atoms with E-state index in [4.69, 9.17) is 4.74 Å². The molecule has 6 heteroatoms. The maximum absolute atomic E-state index is 11.2. The molecule has 5 nitrogen and oxygen atoms in total. The summed E-state index contributed by atoms with van der Waals surface area (Å²) in [5.74, 6) is 0.735. The molecule has 0 aliphatic rings. The summed E-state index contributed by atoms with van der Waals surface area (Å²) >= 11 is 1.30. The average molecular weight is 305 g/mol.